The minimum atomic E-state index is 0.332. The maximum Gasteiger partial charge on any atom is 0.158 e. The number of hydrogen-bond donors (Lipinski definition) is 1. The number of pyridine rings is 1. The molecule has 2 heterocycles. The molecule has 0 radical (unpaired) electrons. The Morgan fingerprint density at radius 1 is 1.47 bits per heavy atom. The zero-order chi connectivity index (χ0) is 11.0. The van der Waals surface area contributed by atoms with Gasteiger partial charge in [0.15, 0.2) is 5.65 Å². The summed E-state index contributed by atoms with van der Waals surface area (Å²) in [6.45, 7) is 6.71. The first-order chi connectivity index (χ1) is 7.13. The quantitative estimate of drug-likeness (QED) is 0.811. The molecule has 2 aromatic heterocycles. The van der Waals surface area contributed by atoms with Crippen LogP contribution < -0.4 is 5.73 Å². The molecule has 0 fully saturated rings. The molecule has 2 rings (SSSR count). The fourth-order valence-electron chi connectivity index (χ4n) is 1.69. The van der Waals surface area contributed by atoms with E-state index in [1.165, 1.54) is 0 Å². The van der Waals surface area contributed by atoms with Gasteiger partial charge in [0, 0.05) is 23.7 Å². The van der Waals surface area contributed by atoms with E-state index in [0.717, 1.165) is 22.3 Å². The van der Waals surface area contributed by atoms with Crippen LogP contribution in [0.3, 0.4) is 0 Å². The second-order valence-corrected chi connectivity index (χ2v) is 4.03. The number of fused-ring (bicyclic) bond motifs is 1. The van der Waals surface area contributed by atoms with Crippen molar-refractivity contribution in [2.24, 2.45) is 5.73 Å². The molecule has 0 unspecified atom stereocenters. The van der Waals surface area contributed by atoms with Crippen LogP contribution in [-0.2, 0) is 6.54 Å². The van der Waals surface area contributed by atoms with Crippen molar-refractivity contribution < 1.29 is 0 Å². The molecule has 0 aromatic carbocycles. The predicted molar refractivity (Wildman–Crippen MR) is 60.5 cm³/mol. The topological polar surface area (TPSA) is 56.7 Å². The summed E-state index contributed by atoms with van der Waals surface area (Å²) in [7, 11) is 0. The molecule has 0 spiro atoms. The fourth-order valence-corrected chi connectivity index (χ4v) is 1.69. The second kappa shape index (κ2) is 3.62. The molecule has 0 saturated carbocycles. The maximum absolute atomic E-state index is 5.64. The second-order valence-electron chi connectivity index (χ2n) is 4.03. The van der Waals surface area contributed by atoms with Crippen molar-refractivity contribution in [3.63, 3.8) is 0 Å². The van der Waals surface area contributed by atoms with Crippen LogP contribution >= 0.6 is 0 Å². The fraction of sp³-hybridized carbons (Fsp3) is 0.455. The van der Waals surface area contributed by atoms with Gasteiger partial charge < -0.3 is 5.73 Å². The van der Waals surface area contributed by atoms with E-state index in [9.17, 15) is 0 Å². The molecule has 0 aliphatic heterocycles. The highest BCUT2D eigenvalue weighted by Gasteiger charge is 2.09. The van der Waals surface area contributed by atoms with Crippen LogP contribution in [0.5, 0.6) is 0 Å². The largest absolute Gasteiger partial charge is 0.326 e. The van der Waals surface area contributed by atoms with Crippen molar-refractivity contribution in [1.29, 1.82) is 0 Å². The molecule has 15 heavy (non-hydrogen) atoms. The Kier molecular flexibility index (Phi) is 2.44. The molecule has 0 amide bonds. The Balaban J connectivity index is 2.68. The SMILES string of the molecule is Cc1nc2c(cnn2C(C)C)cc1CN. The molecule has 0 aliphatic carbocycles. The van der Waals surface area contributed by atoms with E-state index in [1.54, 1.807) is 0 Å². The number of rotatable bonds is 2. The molecule has 0 saturated heterocycles. The minimum Gasteiger partial charge on any atom is -0.326 e. The number of nitrogens with zero attached hydrogens (tertiary/aromatic N) is 3. The normalized spacial score (nSPS) is 11.5. The summed E-state index contributed by atoms with van der Waals surface area (Å²) in [6, 6.07) is 2.40. The summed E-state index contributed by atoms with van der Waals surface area (Å²) in [6.07, 6.45) is 1.85. The lowest BCUT2D eigenvalue weighted by Crippen LogP contribution is -2.05. The molecule has 2 N–H and O–H groups in total. The van der Waals surface area contributed by atoms with E-state index in [0.29, 0.717) is 12.6 Å². The standard InChI is InChI=1S/C11H16N4/c1-7(2)15-11-10(6-13-15)4-9(5-12)8(3)14-11/h4,6-7H,5,12H2,1-3H3. The van der Waals surface area contributed by atoms with E-state index in [1.807, 2.05) is 17.8 Å². The number of hydrogen-bond acceptors (Lipinski definition) is 3. The summed E-state index contributed by atoms with van der Waals surface area (Å²) in [5, 5.41) is 5.39. The molecule has 4 nitrogen and oxygen atoms in total. The molecule has 80 valence electrons. The first kappa shape index (κ1) is 10.1. The monoisotopic (exact) mass is 204 g/mol. The van der Waals surface area contributed by atoms with Crippen molar-refractivity contribution in [2.75, 3.05) is 0 Å². The van der Waals surface area contributed by atoms with Gasteiger partial charge in [-0.1, -0.05) is 0 Å². The summed E-state index contributed by atoms with van der Waals surface area (Å²) >= 11 is 0. The van der Waals surface area contributed by atoms with Crippen LogP contribution in [0.1, 0.15) is 31.1 Å². The molecule has 0 atom stereocenters. The Labute approximate surface area is 89.1 Å². The van der Waals surface area contributed by atoms with Gasteiger partial charge in [0.1, 0.15) is 0 Å². The number of aromatic nitrogens is 3. The van der Waals surface area contributed by atoms with E-state index >= 15 is 0 Å². The molecular weight excluding hydrogens is 188 g/mol. The first-order valence-electron chi connectivity index (χ1n) is 5.17. The van der Waals surface area contributed by atoms with Crippen molar-refractivity contribution >= 4 is 11.0 Å². The first-order valence-corrected chi connectivity index (χ1v) is 5.17. The smallest absolute Gasteiger partial charge is 0.158 e. The Morgan fingerprint density at radius 3 is 2.80 bits per heavy atom. The highest BCUT2D eigenvalue weighted by molar-refractivity contribution is 5.75. The van der Waals surface area contributed by atoms with Gasteiger partial charge in [-0.05, 0) is 32.4 Å². The molecule has 4 heteroatoms. The van der Waals surface area contributed by atoms with Gasteiger partial charge in [-0.3, -0.25) is 0 Å². The summed E-state index contributed by atoms with van der Waals surface area (Å²) in [4.78, 5) is 4.55. The van der Waals surface area contributed by atoms with Crippen molar-refractivity contribution in [2.45, 2.75) is 33.4 Å². The van der Waals surface area contributed by atoms with Crippen LogP contribution in [0.25, 0.3) is 11.0 Å². The van der Waals surface area contributed by atoms with Gasteiger partial charge in [0.25, 0.3) is 0 Å². The predicted octanol–water partition coefficient (Wildman–Crippen LogP) is 1.78. The summed E-state index contributed by atoms with van der Waals surface area (Å²) < 4.78 is 1.93. The third kappa shape index (κ3) is 1.61. The van der Waals surface area contributed by atoms with E-state index in [-0.39, 0.29) is 0 Å². The van der Waals surface area contributed by atoms with Gasteiger partial charge in [0.05, 0.1) is 6.20 Å². The lowest BCUT2D eigenvalue weighted by atomic mass is 10.2. The zero-order valence-electron chi connectivity index (χ0n) is 9.36. The average Bonchev–Trinajstić information content (AvgIpc) is 2.59. The lowest BCUT2D eigenvalue weighted by Gasteiger charge is -2.08. The van der Waals surface area contributed by atoms with Gasteiger partial charge in [0.2, 0.25) is 0 Å². The third-order valence-corrected chi connectivity index (χ3v) is 2.57. The molecule has 0 aliphatic rings. The number of nitrogens with two attached hydrogens (primary N) is 1. The van der Waals surface area contributed by atoms with Crippen LogP contribution in [0.4, 0.5) is 0 Å². The minimum absolute atomic E-state index is 0.332. The van der Waals surface area contributed by atoms with Crippen LogP contribution in [0.2, 0.25) is 0 Å². The van der Waals surface area contributed by atoms with Crippen molar-refractivity contribution in [3.8, 4) is 0 Å². The average molecular weight is 204 g/mol. The Morgan fingerprint density at radius 2 is 2.20 bits per heavy atom. The van der Waals surface area contributed by atoms with Crippen molar-refractivity contribution in [3.05, 3.63) is 23.5 Å². The van der Waals surface area contributed by atoms with Crippen LogP contribution in [0.15, 0.2) is 12.3 Å². The Hall–Kier alpha value is -1.42. The van der Waals surface area contributed by atoms with E-state index in [2.05, 4.69) is 30.0 Å². The maximum atomic E-state index is 5.64. The van der Waals surface area contributed by atoms with Crippen LogP contribution in [-0.4, -0.2) is 14.8 Å². The van der Waals surface area contributed by atoms with E-state index < -0.39 is 0 Å². The van der Waals surface area contributed by atoms with Crippen molar-refractivity contribution in [1.82, 2.24) is 14.8 Å². The van der Waals surface area contributed by atoms with Gasteiger partial charge in [-0.15, -0.1) is 0 Å². The van der Waals surface area contributed by atoms with E-state index in [4.69, 9.17) is 5.73 Å². The summed E-state index contributed by atoms with van der Waals surface area (Å²) in [5.74, 6) is 0. The van der Waals surface area contributed by atoms with Gasteiger partial charge in [-0.25, -0.2) is 9.67 Å². The lowest BCUT2D eigenvalue weighted by molar-refractivity contribution is 0.546. The number of aryl methyl sites for hydroxylation is 1. The molecule has 2 aromatic rings. The zero-order valence-corrected chi connectivity index (χ0v) is 9.36. The Bertz CT molecular complexity index is 485. The van der Waals surface area contributed by atoms with Gasteiger partial charge in [-0.2, -0.15) is 5.10 Å². The highest BCUT2D eigenvalue weighted by atomic mass is 15.3. The third-order valence-electron chi connectivity index (χ3n) is 2.57. The highest BCUT2D eigenvalue weighted by Crippen LogP contribution is 2.18. The van der Waals surface area contributed by atoms with Gasteiger partial charge >= 0.3 is 0 Å². The molecule has 0 bridgehead atoms. The molecular formula is C11H16N4. The summed E-state index contributed by atoms with van der Waals surface area (Å²) in [5.41, 5.74) is 8.67. The van der Waals surface area contributed by atoms with Crippen LogP contribution in [0, 0.1) is 6.92 Å².